The first-order valence-corrected chi connectivity index (χ1v) is 14.1. The van der Waals surface area contributed by atoms with Crippen molar-refractivity contribution in [1.29, 1.82) is 0 Å². The van der Waals surface area contributed by atoms with Crippen molar-refractivity contribution in [3.8, 4) is 0 Å². The van der Waals surface area contributed by atoms with Crippen molar-refractivity contribution in [1.82, 2.24) is 0 Å². The van der Waals surface area contributed by atoms with Gasteiger partial charge in [-0.2, -0.15) is 8.42 Å². The van der Waals surface area contributed by atoms with Crippen LogP contribution in [0.1, 0.15) is 25.3 Å². The van der Waals surface area contributed by atoms with Crippen LogP contribution >= 0.6 is 0 Å². The fourth-order valence-electron chi connectivity index (χ4n) is 3.48. The fraction of sp³-hybridized carbons (Fsp3) is 0.760. The molecule has 0 radical (unpaired) electrons. The minimum Gasteiger partial charge on any atom is -0.377 e. The van der Waals surface area contributed by atoms with Crippen LogP contribution < -0.4 is 4.90 Å². The number of nitrogens with zero attached hydrogens (tertiary/aromatic N) is 2. The van der Waals surface area contributed by atoms with Crippen molar-refractivity contribution in [2.75, 3.05) is 104 Å². The zero-order valence-corrected chi connectivity index (χ0v) is 22.9. The number of quaternary nitrogens is 1. The van der Waals surface area contributed by atoms with Crippen LogP contribution in [-0.2, 0) is 29.1 Å². The highest BCUT2D eigenvalue weighted by Crippen LogP contribution is 2.15. The molecule has 1 aromatic carbocycles. The molecule has 35 heavy (non-hydrogen) atoms. The lowest BCUT2D eigenvalue weighted by Crippen LogP contribution is -2.43. The van der Waals surface area contributed by atoms with E-state index in [-0.39, 0.29) is 5.75 Å². The van der Waals surface area contributed by atoms with E-state index in [1.54, 1.807) is 0 Å². The number of hydrogen-bond acceptors (Lipinski definition) is 7. The molecule has 0 bridgehead atoms. The fourth-order valence-corrected chi connectivity index (χ4v) is 4.05. The number of ether oxygens (including phenoxy) is 4. The van der Waals surface area contributed by atoms with Gasteiger partial charge in [-0.3, -0.25) is 4.55 Å². The van der Waals surface area contributed by atoms with Gasteiger partial charge in [-0.15, -0.1) is 0 Å². The molecule has 10 heteroatoms. The molecule has 0 saturated heterocycles. The Morgan fingerprint density at radius 1 is 0.857 bits per heavy atom. The molecule has 0 spiro atoms. The Morgan fingerprint density at radius 3 is 1.97 bits per heavy atom. The summed E-state index contributed by atoms with van der Waals surface area (Å²) < 4.78 is 53.4. The van der Waals surface area contributed by atoms with Crippen LogP contribution in [0.15, 0.2) is 24.3 Å². The van der Waals surface area contributed by atoms with E-state index in [2.05, 4.69) is 57.1 Å². The van der Waals surface area contributed by atoms with Gasteiger partial charge in [0.25, 0.3) is 10.1 Å². The number of anilines is 1. The van der Waals surface area contributed by atoms with E-state index in [9.17, 15) is 8.42 Å². The van der Waals surface area contributed by atoms with Gasteiger partial charge in [0.05, 0.1) is 79.2 Å². The molecule has 9 nitrogen and oxygen atoms in total. The van der Waals surface area contributed by atoms with Gasteiger partial charge < -0.3 is 28.3 Å². The highest BCUT2D eigenvalue weighted by Gasteiger charge is 2.15. The molecule has 0 aliphatic carbocycles. The molecule has 0 unspecified atom stereocenters. The largest absolute Gasteiger partial charge is 0.377 e. The number of aryl methyl sites for hydroxylation is 1. The van der Waals surface area contributed by atoms with Gasteiger partial charge in [0, 0.05) is 18.8 Å². The predicted octanol–water partition coefficient (Wildman–Crippen LogP) is 2.63. The Morgan fingerprint density at radius 2 is 1.43 bits per heavy atom. The lowest BCUT2D eigenvalue weighted by atomic mass is 10.2. The quantitative estimate of drug-likeness (QED) is 0.142. The van der Waals surface area contributed by atoms with Gasteiger partial charge in [-0.25, -0.2) is 0 Å². The molecule has 1 rings (SSSR count). The summed E-state index contributed by atoms with van der Waals surface area (Å²) in [5.74, 6) is -0.177. The minimum absolute atomic E-state index is 0.177. The molecule has 0 aliphatic rings. The Kier molecular flexibility index (Phi) is 16.4. The van der Waals surface area contributed by atoms with Gasteiger partial charge in [-0.1, -0.05) is 12.1 Å². The first-order valence-electron chi connectivity index (χ1n) is 12.5. The van der Waals surface area contributed by atoms with Crippen LogP contribution in [0.3, 0.4) is 0 Å². The monoisotopic (exact) mass is 519 g/mol. The van der Waals surface area contributed by atoms with Crippen molar-refractivity contribution >= 4 is 15.8 Å². The van der Waals surface area contributed by atoms with Crippen molar-refractivity contribution in [2.45, 2.75) is 26.7 Å². The summed E-state index contributed by atoms with van der Waals surface area (Å²) >= 11 is 0. The second-order valence-corrected chi connectivity index (χ2v) is 10.8. The van der Waals surface area contributed by atoms with E-state index in [0.717, 1.165) is 37.1 Å². The van der Waals surface area contributed by atoms with E-state index in [0.29, 0.717) is 59.3 Å². The highest BCUT2D eigenvalue weighted by atomic mass is 32.2. The van der Waals surface area contributed by atoms with E-state index in [1.807, 2.05) is 0 Å². The topological polar surface area (TPSA) is 94.5 Å². The maximum atomic E-state index is 10.7. The first kappa shape index (κ1) is 31.8. The minimum atomic E-state index is -3.86. The van der Waals surface area contributed by atoms with Crippen LogP contribution in [0.2, 0.25) is 0 Å². The Balaban J connectivity index is 1.90. The molecule has 0 aromatic heterocycles. The van der Waals surface area contributed by atoms with E-state index >= 15 is 0 Å². The molecular formula is C25H47N2O7S+. The summed E-state index contributed by atoms with van der Waals surface area (Å²) in [7, 11) is 0.304. The average molecular weight is 520 g/mol. The lowest BCUT2D eigenvalue weighted by molar-refractivity contribution is -0.890. The average Bonchev–Trinajstić information content (AvgIpc) is 2.79. The normalized spacial score (nSPS) is 12.3. The van der Waals surface area contributed by atoms with Crippen molar-refractivity contribution < 1.29 is 36.4 Å². The second-order valence-electron chi connectivity index (χ2n) is 9.24. The molecule has 0 aliphatic heterocycles. The molecule has 0 saturated carbocycles. The van der Waals surface area contributed by atoms with Crippen LogP contribution in [0.5, 0.6) is 0 Å². The molecule has 0 fully saturated rings. The Labute approximate surface area is 212 Å². The third kappa shape index (κ3) is 17.7. The van der Waals surface area contributed by atoms with E-state index in [1.165, 1.54) is 11.3 Å². The number of unbranched alkanes of at least 4 members (excludes halogenated alkanes) is 1. The molecule has 0 amide bonds. The van der Waals surface area contributed by atoms with E-state index in [4.69, 9.17) is 23.5 Å². The third-order valence-electron chi connectivity index (χ3n) is 5.63. The maximum absolute atomic E-state index is 10.7. The first-order chi connectivity index (χ1) is 16.6. The highest BCUT2D eigenvalue weighted by molar-refractivity contribution is 7.85. The van der Waals surface area contributed by atoms with Crippen LogP contribution in [0.4, 0.5) is 5.69 Å². The summed E-state index contributed by atoms with van der Waals surface area (Å²) in [6.45, 7) is 12.2. The summed E-state index contributed by atoms with van der Waals surface area (Å²) in [6, 6.07) is 8.51. The van der Waals surface area contributed by atoms with Crippen molar-refractivity contribution in [2.24, 2.45) is 0 Å². The predicted molar refractivity (Wildman–Crippen MR) is 140 cm³/mol. The molecule has 0 heterocycles. The van der Waals surface area contributed by atoms with Gasteiger partial charge in [0.1, 0.15) is 6.54 Å². The third-order valence-corrected chi connectivity index (χ3v) is 6.43. The zero-order valence-electron chi connectivity index (χ0n) is 22.1. The van der Waals surface area contributed by atoms with Crippen LogP contribution in [-0.4, -0.2) is 116 Å². The molecule has 1 aromatic rings. The lowest BCUT2D eigenvalue weighted by Gasteiger charge is -2.29. The summed E-state index contributed by atoms with van der Waals surface area (Å²) in [6.07, 6.45) is 1.21. The van der Waals surface area contributed by atoms with Gasteiger partial charge >= 0.3 is 0 Å². The molecule has 1 N–H and O–H groups in total. The summed E-state index contributed by atoms with van der Waals surface area (Å²) in [5, 5.41) is 0. The Hall–Kier alpha value is -1.27. The van der Waals surface area contributed by atoms with Gasteiger partial charge in [0.15, 0.2) is 0 Å². The number of likely N-dealkylation sites (N-methyl/N-ethyl adjacent to an activating group) is 2. The standard InChI is InChI=1S/C25H46N2O7S/c1-5-26(25-10-8-9-24(2)23-25)11-14-31-16-18-33-20-21-34-19-17-32-15-13-27(3,4)12-6-7-22-35(28,29)30/h8-10,23H,5-7,11-22H2,1-4H3/p+1. The number of rotatable bonds is 22. The number of hydrogen-bond donors (Lipinski definition) is 1. The second kappa shape index (κ2) is 18.0. The summed E-state index contributed by atoms with van der Waals surface area (Å²) in [4.78, 5) is 2.30. The van der Waals surface area contributed by atoms with Gasteiger partial charge in [0.2, 0.25) is 0 Å². The smallest absolute Gasteiger partial charge is 0.264 e. The van der Waals surface area contributed by atoms with Crippen molar-refractivity contribution in [3.05, 3.63) is 29.8 Å². The maximum Gasteiger partial charge on any atom is 0.264 e. The molecule has 204 valence electrons. The number of benzene rings is 1. The SMILES string of the molecule is CCN(CCOCCOCCOCCOCC[N+](C)(C)CCCCS(=O)(=O)O)c1cccc(C)c1. The van der Waals surface area contributed by atoms with Crippen molar-refractivity contribution in [3.63, 3.8) is 0 Å². The van der Waals surface area contributed by atoms with Crippen LogP contribution in [0.25, 0.3) is 0 Å². The zero-order chi connectivity index (χ0) is 26.0. The summed E-state index contributed by atoms with van der Waals surface area (Å²) in [5.41, 5.74) is 2.49. The molecule has 0 atom stereocenters. The Bertz CT molecular complexity index is 775. The van der Waals surface area contributed by atoms with Gasteiger partial charge in [-0.05, 0) is 44.4 Å². The van der Waals surface area contributed by atoms with E-state index < -0.39 is 10.1 Å². The van der Waals surface area contributed by atoms with Crippen LogP contribution in [0, 0.1) is 6.92 Å². The molecular weight excluding hydrogens is 472 g/mol.